The molecule has 156 valence electrons. The summed E-state index contributed by atoms with van der Waals surface area (Å²) in [6, 6.07) is 13.4. The van der Waals surface area contributed by atoms with Crippen molar-refractivity contribution < 1.29 is 14.3 Å². The summed E-state index contributed by atoms with van der Waals surface area (Å²) in [7, 11) is 1.62. The van der Waals surface area contributed by atoms with Crippen molar-refractivity contribution in [3.05, 3.63) is 69.1 Å². The van der Waals surface area contributed by atoms with Crippen LogP contribution in [-0.2, 0) is 11.4 Å². The van der Waals surface area contributed by atoms with Crippen LogP contribution in [0.5, 0.6) is 11.5 Å². The lowest BCUT2D eigenvalue weighted by Crippen LogP contribution is -2.54. The minimum Gasteiger partial charge on any atom is -0.493 e. The van der Waals surface area contributed by atoms with Crippen molar-refractivity contribution in [1.29, 1.82) is 0 Å². The molecule has 3 atom stereocenters. The number of hydrogen-bond acceptors (Lipinski definition) is 5. The van der Waals surface area contributed by atoms with Gasteiger partial charge in [-0.2, -0.15) is 0 Å². The van der Waals surface area contributed by atoms with Crippen LogP contribution in [0.3, 0.4) is 0 Å². The normalized spacial score (nSPS) is 25.0. The van der Waals surface area contributed by atoms with E-state index in [1.165, 1.54) is 16.9 Å². The van der Waals surface area contributed by atoms with Crippen LogP contribution in [0.4, 0.5) is 0 Å². The van der Waals surface area contributed by atoms with Crippen LogP contribution in [-0.4, -0.2) is 18.4 Å². The number of amides is 1. The zero-order chi connectivity index (χ0) is 20.7. The Bertz CT molecular complexity index is 1030. The summed E-state index contributed by atoms with van der Waals surface area (Å²) in [5, 5.41) is 7.52. The third-order valence-electron chi connectivity index (χ3n) is 5.92. The number of methoxy groups -OCH3 is 1. The fraction of sp³-hybridized carbons (Fsp3) is 0.348. The van der Waals surface area contributed by atoms with E-state index in [0.29, 0.717) is 23.1 Å². The van der Waals surface area contributed by atoms with Crippen molar-refractivity contribution in [3.63, 3.8) is 0 Å². The molecule has 7 heteroatoms. The summed E-state index contributed by atoms with van der Waals surface area (Å²) >= 11 is 8.05. The highest BCUT2D eigenvalue weighted by atomic mass is 35.5. The maximum absolute atomic E-state index is 12.8. The molecule has 2 aromatic carbocycles. The van der Waals surface area contributed by atoms with Crippen LogP contribution in [0.2, 0.25) is 5.02 Å². The fourth-order valence-corrected chi connectivity index (χ4v) is 6.17. The fourth-order valence-electron chi connectivity index (χ4n) is 4.40. The second-order valence-corrected chi connectivity index (χ2v) is 9.36. The molecule has 5 nitrogen and oxygen atoms in total. The maximum atomic E-state index is 12.8. The monoisotopic (exact) mass is 442 g/mol. The number of carbonyl (C=O) groups is 1. The highest BCUT2D eigenvalue weighted by Crippen LogP contribution is 2.51. The van der Waals surface area contributed by atoms with Gasteiger partial charge in [0, 0.05) is 10.6 Å². The van der Waals surface area contributed by atoms with Crippen molar-refractivity contribution >= 4 is 29.3 Å². The first-order valence-corrected chi connectivity index (χ1v) is 11.4. The van der Waals surface area contributed by atoms with Gasteiger partial charge in [0.1, 0.15) is 12.8 Å². The average Bonchev–Trinajstić information content (AvgIpc) is 3.34. The number of carbonyl (C=O) groups excluding carboxylic acids is 1. The van der Waals surface area contributed by atoms with Gasteiger partial charge < -0.3 is 14.8 Å². The summed E-state index contributed by atoms with van der Waals surface area (Å²) in [5.74, 6) is 1.33. The molecule has 3 aliphatic rings. The van der Waals surface area contributed by atoms with E-state index < -0.39 is 0 Å². The Morgan fingerprint density at radius 3 is 2.87 bits per heavy atom. The lowest BCUT2D eigenvalue weighted by atomic mass is 9.94. The first-order valence-electron chi connectivity index (χ1n) is 10.1. The molecule has 5 rings (SSSR count). The number of nitrogens with one attached hydrogen (secondary N) is 2. The second-order valence-electron chi connectivity index (χ2n) is 7.72. The van der Waals surface area contributed by atoms with Gasteiger partial charge in [-0.3, -0.25) is 10.1 Å². The number of hydrogen-bond donors (Lipinski definition) is 2. The molecule has 3 unspecified atom stereocenters. The number of allylic oxidation sites excluding steroid dienone is 1. The molecule has 1 fully saturated rings. The van der Waals surface area contributed by atoms with Crippen molar-refractivity contribution in [3.8, 4) is 11.5 Å². The lowest BCUT2D eigenvalue weighted by Gasteiger charge is -2.35. The highest BCUT2D eigenvalue weighted by Gasteiger charge is 2.46. The average molecular weight is 443 g/mol. The molecule has 2 aliphatic heterocycles. The molecule has 0 saturated carbocycles. The summed E-state index contributed by atoms with van der Waals surface area (Å²) in [6.07, 6.45) is 3.08. The molecule has 1 amide bonds. The molecule has 2 aromatic rings. The van der Waals surface area contributed by atoms with Crippen molar-refractivity contribution in [1.82, 2.24) is 10.6 Å². The van der Waals surface area contributed by atoms with E-state index >= 15 is 0 Å². The van der Waals surface area contributed by atoms with Crippen molar-refractivity contribution in [2.45, 2.75) is 37.4 Å². The van der Waals surface area contributed by atoms with Crippen LogP contribution in [0, 0.1) is 5.92 Å². The predicted molar refractivity (Wildman–Crippen MR) is 119 cm³/mol. The van der Waals surface area contributed by atoms with E-state index in [9.17, 15) is 4.79 Å². The number of halogens is 1. The van der Waals surface area contributed by atoms with E-state index in [4.69, 9.17) is 21.1 Å². The van der Waals surface area contributed by atoms with Gasteiger partial charge in [0.2, 0.25) is 5.91 Å². The van der Waals surface area contributed by atoms with Gasteiger partial charge in [-0.25, -0.2) is 0 Å². The van der Waals surface area contributed by atoms with Gasteiger partial charge in [0.05, 0.1) is 18.4 Å². The van der Waals surface area contributed by atoms with Gasteiger partial charge >= 0.3 is 0 Å². The van der Waals surface area contributed by atoms with E-state index in [0.717, 1.165) is 24.0 Å². The number of rotatable bonds is 5. The molecule has 1 aliphatic carbocycles. The first-order chi connectivity index (χ1) is 14.6. The molecular weight excluding hydrogens is 420 g/mol. The molecule has 0 bridgehead atoms. The van der Waals surface area contributed by atoms with Crippen molar-refractivity contribution in [2.75, 3.05) is 7.11 Å². The topological polar surface area (TPSA) is 59.6 Å². The first kappa shape index (κ1) is 19.8. The Kier molecular flexibility index (Phi) is 5.39. The van der Waals surface area contributed by atoms with E-state index in [1.807, 2.05) is 54.2 Å². The Labute approximate surface area is 185 Å². The molecule has 0 radical (unpaired) electrons. The van der Waals surface area contributed by atoms with Gasteiger partial charge in [0.15, 0.2) is 11.5 Å². The summed E-state index contributed by atoms with van der Waals surface area (Å²) in [6.45, 7) is 0.353. The van der Waals surface area contributed by atoms with Crippen molar-refractivity contribution in [2.24, 2.45) is 5.92 Å². The lowest BCUT2D eigenvalue weighted by molar-refractivity contribution is -0.127. The Hall–Kier alpha value is -2.15. The highest BCUT2D eigenvalue weighted by molar-refractivity contribution is 8.04. The Morgan fingerprint density at radius 1 is 1.17 bits per heavy atom. The quantitative estimate of drug-likeness (QED) is 0.698. The predicted octanol–water partition coefficient (Wildman–Crippen LogP) is 4.77. The van der Waals surface area contributed by atoms with Crippen LogP contribution in [0.15, 0.2) is 52.9 Å². The zero-order valence-electron chi connectivity index (χ0n) is 16.6. The van der Waals surface area contributed by atoms with Gasteiger partial charge in [-0.05, 0) is 53.5 Å². The molecule has 30 heavy (non-hydrogen) atoms. The molecule has 1 saturated heterocycles. The molecule has 2 N–H and O–H groups in total. The number of ether oxygens (including phenoxy) is 2. The summed E-state index contributed by atoms with van der Waals surface area (Å²) < 4.78 is 11.5. The van der Waals surface area contributed by atoms with Gasteiger partial charge in [0.25, 0.3) is 0 Å². The zero-order valence-corrected chi connectivity index (χ0v) is 18.2. The standard InChI is InChI=1S/C23H23ClN2O3S/c1-28-18-11-13(9-10-17(18)29-12-14-5-2-3-7-16(14)24)21-25-22(27)20-15-6-4-8-19(15)30-23(20)26-21/h2-3,5,7,9-11,20-21,23,26H,4,6,8,12H2,1H3,(H,25,27). The number of benzene rings is 2. The third kappa shape index (κ3) is 3.57. The number of thioether (sulfide) groups is 1. The molecule has 0 spiro atoms. The summed E-state index contributed by atoms with van der Waals surface area (Å²) in [5.41, 5.74) is 3.20. The Morgan fingerprint density at radius 2 is 2.03 bits per heavy atom. The SMILES string of the molecule is COc1cc(C2NC(=O)C3C4=C(CCC4)SC3N2)ccc1OCc1ccccc1Cl. The molecule has 0 aromatic heterocycles. The van der Waals surface area contributed by atoms with Crippen LogP contribution in [0.25, 0.3) is 0 Å². The number of fused-ring (bicyclic) bond motifs is 2. The molecule has 2 heterocycles. The van der Waals surface area contributed by atoms with Gasteiger partial charge in [-0.15, -0.1) is 11.8 Å². The largest absolute Gasteiger partial charge is 0.493 e. The maximum Gasteiger partial charge on any atom is 0.231 e. The van der Waals surface area contributed by atoms with Crippen LogP contribution in [0.1, 0.15) is 36.6 Å². The second kappa shape index (κ2) is 8.17. The van der Waals surface area contributed by atoms with E-state index in [-0.39, 0.29) is 23.4 Å². The summed E-state index contributed by atoms with van der Waals surface area (Å²) in [4.78, 5) is 14.3. The van der Waals surface area contributed by atoms with E-state index in [2.05, 4.69) is 10.6 Å². The Balaban J connectivity index is 1.31. The third-order valence-corrected chi connectivity index (χ3v) is 7.70. The minimum atomic E-state index is -0.252. The minimum absolute atomic E-state index is 0.0381. The van der Waals surface area contributed by atoms with Crippen LogP contribution >= 0.6 is 23.4 Å². The van der Waals surface area contributed by atoms with Gasteiger partial charge in [-0.1, -0.05) is 35.9 Å². The van der Waals surface area contributed by atoms with Crippen LogP contribution < -0.4 is 20.1 Å². The molecular formula is C23H23ClN2O3S. The smallest absolute Gasteiger partial charge is 0.231 e. The van der Waals surface area contributed by atoms with E-state index in [1.54, 1.807) is 7.11 Å².